The summed E-state index contributed by atoms with van der Waals surface area (Å²) in [4.78, 5) is 39.9. The SMILES string of the molecule is CCOc1ccc(F)cc1C(=O)CN1C(=O)c2ccccc2OC(C(C)C)C1=O. The molecule has 3 rings (SSSR count). The van der Waals surface area contributed by atoms with Gasteiger partial charge in [0, 0.05) is 0 Å². The number of carbonyl (C=O) groups excluding carboxylic acids is 3. The van der Waals surface area contributed by atoms with Crippen LogP contribution in [0.5, 0.6) is 11.5 Å². The fraction of sp³-hybridized carbons (Fsp3) is 0.318. The lowest BCUT2D eigenvalue weighted by atomic mass is 10.0. The van der Waals surface area contributed by atoms with E-state index in [1.165, 1.54) is 12.1 Å². The van der Waals surface area contributed by atoms with Crippen molar-refractivity contribution in [2.24, 2.45) is 5.92 Å². The number of fused-ring (bicyclic) bond motifs is 1. The minimum absolute atomic E-state index is 0.0213. The van der Waals surface area contributed by atoms with Crippen LogP contribution in [0.25, 0.3) is 0 Å². The van der Waals surface area contributed by atoms with Gasteiger partial charge in [-0.15, -0.1) is 0 Å². The van der Waals surface area contributed by atoms with E-state index in [2.05, 4.69) is 0 Å². The lowest BCUT2D eigenvalue weighted by Crippen LogP contribution is -2.47. The molecule has 1 aliphatic heterocycles. The van der Waals surface area contributed by atoms with E-state index in [1.807, 2.05) is 0 Å². The van der Waals surface area contributed by atoms with Gasteiger partial charge in [0.05, 0.1) is 24.3 Å². The van der Waals surface area contributed by atoms with Gasteiger partial charge in [0.2, 0.25) is 0 Å². The third-order valence-corrected chi connectivity index (χ3v) is 4.58. The van der Waals surface area contributed by atoms with Gasteiger partial charge in [0.15, 0.2) is 11.9 Å². The number of imide groups is 1. The molecule has 2 amide bonds. The van der Waals surface area contributed by atoms with Crippen LogP contribution in [-0.2, 0) is 4.79 Å². The van der Waals surface area contributed by atoms with Crippen molar-refractivity contribution in [2.45, 2.75) is 26.9 Å². The summed E-state index contributed by atoms with van der Waals surface area (Å²) in [6.45, 7) is 5.06. The number of amides is 2. The van der Waals surface area contributed by atoms with Gasteiger partial charge < -0.3 is 9.47 Å². The summed E-state index contributed by atoms with van der Waals surface area (Å²) in [5, 5.41) is 0. The van der Waals surface area contributed by atoms with Gasteiger partial charge in [-0.25, -0.2) is 4.39 Å². The molecule has 0 aliphatic carbocycles. The second kappa shape index (κ2) is 8.43. The lowest BCUT2D eigenvalue weighted by Gasteiger charge is -2.24. The van der Waals surface area contributed by atoms with E-state index in [0.29, 0.717) is 5.75 Å². The Morgan fingerprint density at radius 1 is 1.21 bits per heavy atom. The molecule has 0 spiro atoms. The summed E-state index contributed by atoms with van der Waals surface area (Å²) in [6.07, 6.45) is -0.922. The van der Waals surface area contributed by atoms with Crippen molar-refractivity contribution in [2.75, 3.05) is 13.2 Å². The van der Waals surface area contributed by atoms with Gasteiger partial charge in [0.25, 0.3) is 11.8 Å². The smallest absolute Gasteiger partial charge is 0.271 e. The Balaban J connectivity index is 1.98. The first-order valence-electron chi connectivity index (χ1n) is 9.40. The summed E-state index contributed by atoms with van der Waals surface area (Å²) < 4.78 is 24.9. The summed E-state index contributed by atoms with van der Waals surface area (Å²) in [5.41, 5.74) is 0.174. The zero-order valence-corrected chi connectivity index (χ0v) is 16.5. The minimum Gasteiger partial charge on any atom is -0.493 e. The fourth-order valence-corrected chi connectivity index (χ4v) is 3.13. The normalized spacial score (nSPS) is 16.3. The molecule has 0 aromatic heterocycles. The molecule has 29 heavy (non-hydrogen) atoms. The lowest BCUT2D eigenvalue weighted by molar-refractivity contribution is -0.136. The summed E-state index contributed by atoms with van der Waals surface area (Å²) in [5.74, 6) is -2.19. The Labute approximate surface area is 168 Å². The number of Topliss-reactive ketones (excluding diaryl/α,β-unsaturated/α-hetero) is 1. The van der Waals surface area contributed by atoms with Crippen LogP contribution in [0.3, 0.4) is 0 Å². The standard InChI is InChI=1S/C22H22FNO5/c1-4-28-18-10-9-14(23)11-16(18)17(25)12-24-21(26)15-7-5-6-8-19(15)29-20(13(2)3)22(24)27/h5-11,13,20H,4,12H2,1-3H3. The molecule has 0 saturated heterocycles. The number of halogens is 1. The molecule has 152 valence electrons. The highest BCUT2D eigenvalue weighted by molar-refractivity contribution is 6.12. The molecule has 0 fully saturated rings. The number of benzene rings is 2. The monoisotopic (exact) mass is 399 g/mol. The molecule has 0 N–H and O–H groups in total. The molecule has 1 aliphatic rings. The topological polar surface area (TPSA) is 72.9 Å². The first-order chi connectivity index (χ1) is 13.8. The van der Waals surface area contributed by atoms with Gasteiger partial charge >= 0.3 is 0 Å². The first kappa shape index (κ1) is 20.5. The third kappa shape index (κ3) is 4.13. The van der Waals surface area contributed by atoms with Crippen molar-refractivity contribution in [1.82, 2.24) is 4.90 Å². The van der Waals surface area contributed by atoms with Gasteiger partial charge in [-0.3, -0.25) is 19.3 Å². The molecule has 1 atom stereocenters. The number of nitrogens with zero attached hydrogens (tertiary/aromatic N) is 1. The maximum Gasteiger partial charge on any atom is 0.271 e. The average Bonchev–Trinajstić information content (AvgIpc) is 2.80. The van der Waals surface area contributed by atoms with Crippen molar-refractivity contribution >= 4 is 17.6 Å². The molecule has 2 aromatic rings. The highest BCUT2D eigenvalue weighted by Crippen LogP contribution is 2.29. The van der Waals surface area contributed by atoms with Crippen LogP contribution in [-0.4, -0.2) is 41.8 Å². The van der Waals surface area contributed by atoms with E-state index in [9.17, 15) is 18.8 Å². The molecule has 6 nitrogen and oxygen atoms in total. The van der Waals surface area contributed by atoms with E-state index in [-0.39, 0.29) is 29.4 Å². The fourth-order valence-electron chi connectivity index (χ4n) is 3.13. The average molecular weight is 399 g/mol. The number of ether oxygens (including phenoxy) is 2. The van der Waals surface area contributed by atoms with E-state index in [4.69, 9.17) is 9.47 Å². The Bertz CT molecular complexity index is 956. The Morgan fingerprint density at radius 2 is 1.93 bits per heavy atom. The van der Waals surface area contributed by atoms with Gasteiger partial charge in [-0.2, -0.15) is 0 Å². The molecule has 0 saturated carbocycles. The molecular weight excluding hydrogens is 377 g/mol. The molecule has 2 aromatic carbocycles. The van der Waals surface area contributed by atoms with Gasteiger partial charge in [0.1, 0.15) is 17.3 Å². The molecular formula is C22H22FNO5. The molecule has 0 radical (unpaired) electrons. The Hall–Kier alpha value is -3.22. The maximum absolute atomic E-state index is 13.7. The second-order valence-corrected chi connectivity index (χ2v) is 7.00. The van der Waals surface area contributed by atoms with Crippen molar-refractivity contribution in [3.05, 3.63) is 59.4 Å². The van der Waals surface area contributed by atoms with Crippen LogP contribution in [0.1, 0.15) is 41.5 Å². The van der Waals surface area contributed by atoms with Crippen LogP contribution >= 0.6 is 0 Å². The van der Waals surface area contributed by atoms with Gasteiger partial charge in [-0.1, -0.05) is 26.0 Å². The molecule has 0 bridgehead atoms. The highest BCUT2D eigenvalue weighted by atomic mass is 19.1. The maximum atomic E-state index is 13.7. The van der Waals surface area contributed by atoms with Crippen LogP contribution in [0.4, 0.5) is 4.39 Å². The van der Waals surface area contributed by atoms with E-state index in [0.717, 1.165) is 11.0 Å². The number of hydrogen-bond acceptors (Lipinski definition) is 5. The number of hydrogen-bond donors (Lipinski definition) is 0. The van der Waals surface area contributed by atoms with Crippen LogP contribution in [0, 0.1) is 11.7 Å². The first-order valence-corrected chi connectivity index (χ1v) is 9.40. The number of carbonyl (C=O) groups is 3. The summed E-state index contributed by atoms with van der Waals surface area (Å²) in [6, 6.07) is 10.1. The van der Waals surface area contributed by atoms with Crippen molar-refractivity contribution in [3.8, 4) is 11.5 Å². The van der Waals surface area contributed by atoms with Crippen molar-refractivity contribution in [3.63, 3.8) is 0 Å². The highest BCUT2D eigenvalue weighted by Gasteiger charge is 2.39. The zero-order valence-electron chi connectivity index (χ0n) is 16.5. The Kier molecular flexibility index (Phi) is 5.96. The molecule has 1 unspecified atom stereocenters. The second-order valence-electron chi connectivity index (χ2n) is 7.00. The van der Waals surface area contributed by atoms with E-state index < -0.39 is 36.1 Å². The minimum atomic E-state index is -0.922. The third-order valence-electron chi connectivity index (χ3n) is 4.58. The predicted octanol–water partition coefficient (Wildman–Crippen LogP) is 3.49. The summed E-state index contributed by atoms with van der Waals surface area (Å²) >= 11 is 0. The van der Waals surface area contributed by atoms with Crippen LogP contribution in [0.15, 0.2) is 42.5 Å². The van der Waals surface area contributed by atoms with Crippen LogP contribution < -0.4 is 9.47 Å². The van der Waals surface area contributed by atoms with Crippen LogP contribution in [0.2, 0.25) is 0 Å². The largest absolute Gasteiger partial charge is 0.493 e. The number of rotatable bonds is 6. The quantitative estimate of drug-likeness (QED) is 0.549. The van der Waals surface area contributed by atoms with E-state index in [1.54, 1.807) is 45.0 Å². The van der Waals surface area contributed by atoms with E-state index >= 15 is 0 Å². The molecule has 1 heterocycles. The van der Waals surface area contributed by atoms with Crippen molar-refractivity contribution < 1.29 is 28.2 Å². The van der Waals surface area contributed by atoms with Gasteiger partial charge in [-0.05, 0) is 43.2 Å². The Morgan fingerprint density at radius 3 is 2.62 bits per heavy atom. The molecule has 7 heteroatoms. The zero-order chi connectivity index (χ0) is 21.1. The number of para-hydroxylation sites is 1. The number of ketones is 1. The van der Waals surface area contributed by atoms with Crippen molar-refractivity contribution in [1.29, 1.82) is 0 Å². The predicted molar refractivity (Wildman–Crippen MR) is 104 cm³/mol. The summed E-state index contributed by atoms with van der Waals surface area (Å²) in [7, 11) is 0.